The van der Waals surface area contributed by atoms with E-state index in [0.29, 0.717) is 22.4 Å². The van der Waals surface area contributed by atoms with E-state index in [1.54, 1.807) is 18.4 Å². The van der Waals surface area contributed by atoms with Gasteiger partial charge in [-0.15, -0.1) is 0 Å². The molecule has 0 radical (unpaired) electrons. The maximum atomic E-state index is 9.32. The highest BCUT2D eigenvalue weighted by molar-refractivity contribution is 6.42. The van der Waals surface area contributed by atoms with Gasteiger partial charge in [0.2, 0.25) is 0 Å². The first-order valence-electron chi connectivity index (χ1n) is 5.53. The van der Waals surface area contributed by atoms with Crippen LogP contribution in [-0.2, 0) is 6.54 Å². The normalized spacial score (nSPS) is 12.6. The van der Waals surface area contributed by atoms with Gasteiger partial charge in [-0.05, 0) is 23.8 Å². The lowest BCUT2D eigenvalue weighted by Gasteiger charge is -2.14. The van der Waals surface area contributed by atoms with Crippen molar-refractivity contribution in [2.45, 2.75) is 12.6 Å². The van der Waals surface area contributed by atoms with Crippen molar-refractivity contribution in [1.29, 1.82) is 0 Å². The molecule has 0 aliphatic rings. The molecule has 2 rings (SSSR count). The third-order valence-corrected chi connectivity index (χ3v) is 3.50. The SMILES string of the molecule is OCC(NCc1cccc(Cl)c1Cl)c1ccco1. The summed E-state index contributed by atoms with van der Waals surface area (Å²) in [6.07, 6.45) is 1.58. The molecule has 5 heteroatoms. The van der Waals surface area contributed by atoms with Gasteiger partial charge in [-0.2, -0.15) is 0 Å². The van der Waals surface area contributed by atoms with Crippen LogP contribution in [0.4, 0.5) is 0 Å². The van der Waals surface area contributed by atoms with Crippen LogP contribution in [0.15, 0.2) is 41.0 Å². The Kier molecular flexibility index (Phi) is 4.66. The second-order valence-electron chi connectivity index (χ2n) is 3.84. The molecule has 1 atom stereocenters. The largest absolute Gasteiger partial charge is 0.468 e. The van der Waals surface area contributed by atoms with Crippen molar-refractivity contribution in [1.82, 2.24) is 5.32 Å². The van der Waals surface area contributed by atoms with Crippen molar-refractivity contribution in [3.8, 4) is 0 Å². The first-order valence-corrected chi connectivity index (χ1v) is 6.28. The van der Waals surface area contributed by atoms with Crippen molar-refractivity contribution in [3.05, 3.63) is 58.0 Å². The molecule has 18 heavy (non-hydrogen) atoms. The van der Waals surface area contributed by atoms with Crippen molar-refractivity contribution in [2.75, 3.05) is 6.61 Å². The van der Waals surface area contributed by atoms with Crippen LogP contribution < -0.4 is 5.32 Å². The van der Waals surface area contributed by atoms with Crippen molar-refractivity contribution < 1.29 is 9.52 Å². The summed E-state index contributed by atoms with van der Waals surface area (Å²) in [5, 5.41) is 13.5. The second kappa shape index (κ2) is 6.25. The average molecular weight is 286 g/mol. The van der Waals surface area contributed by atoms with Crippen molar-refractivity contribution in [3.63, 3.8) is 0 Å². The summed E-state index contributed by atoms with van der Waals surface area (Å²) in [4.78, 5) is 0. The van der Waals surface area contributed by atoms with Gasteiger partial charge in [-0.3, -0.25) is 0 Å². The smallest absolute Gasteiger partial charge is 0.123 e. The monoisotopic (exact) mass is 285 g/mol. The number of hydrogen-bond donors (Lipinski definition) is 2. The number of nitrogens with one attached hydrogen (secondary N) is 1. The number of halogens is 2. The van der Waals surface area contributed by atoms with Gasteiger partial charge in [0, 0.05) is 6.54 Å². The summed E-state index contributed by atoms with van der Waals surface area (Å²) in [7, 11) is 0. The minimum absolute atomic E-state index is 0.0499. The lowest BCUT2D eigenvalue weighted by atomic mass is 10.2. The van der Waals surface area contributed by atoms with E-state index in [-0.39, 0.29) is 12.6 Å². The fraction of sp³-hybridized carbons (Fsp3) is 0.231. The van der Waals surface area contributed by atoms with Gasteiger partial charge in [0.1, 0.15) is 5.76 Å². The van der Waals surface area contributed by atoms with E-state index < -0.39 is 0 Å². The molecule has 3 nitrogen and oxygen atoms in total. The molecule has 0 spiro atoms. The molecule has 1 aromatic heterocycles. The van der Waals surface area contributed by atoms with Crippen LogP contribution in [0.1, 0.15) is 17.4 Å². The van der Waals surface area contributed by atoms with Crippen LogP contribution in [0.2, 0.25) is 10.0 Å². The molecular weight excluding hydrogens is 273 g/mol. The van der Waals surface area contributed by atoms with Gasteiger partial charge in [-0.1, -0.05) is 35.3 Å². The molecule has 1 aromatic carbocycles. The van der Waals surface area contributed by atoms with Gasteiger partial charge in [0.25, 0.3) is 0 Å². The zero-order valence-corrected chi connectivity index (χ0v) is 11.1. The van der Waals surface area contributed by atoms with Gasteiger partial charge in [0.05, 0.1) is 29.0 Å². The van der Waals surface area contributed by atoms with Gasteiger partial charge in [0.15, 0.2) is 0 Å². The molecule has 0 fully saturated rings. The predicted octanol–water partition coefficient (Wildman–Crippen LogP) is 3.41. The van der Waals surface area contributed by atoms with Gasteiger partial charge in [-0.25, -0.2) is 0 Å². The molecule has 2 N–H and O–H groups in total. The van der Waals surface area contributed by atoms with E-state index in [0.717, 1.165) is 5.56 Å². The molecule has 0 aliphatic carbocycles. The molecule has 96 valence electrons. The zero-order valence-electron chi connectivity index (χ0n) is 9.57. The quantitative estimate of drug-likeness (QED) is 0.885. The number of aliphatic hydroxyl groups excluding tert-OH is 1. The fourth-order valence-electron chi connectivity index (χ4n) is 1.66. The van der Waals surface area contributed by atoms with E-state index in [9.17, 15) is 5.11 Å². The first-order chi connectivity index (χ1) is 8.72. The third-order valence-electron chi connectivity index (χ3n) is 2.64. The summed E-state index contributed by atoms with van der Waals surface area (Å²) >= 11 is 12.0. The van der Waals surface area contributed by atoms with E-state index in [2.05, 4.69) is 5.32 Å². The fourth-order valence-corrected chi connectivity index (χ4v) is 2.05. The second-order valence-corrected chi connectivity index (χ2v) is 4.63. The Morgan fingerprint density at radius 1 is 1.22 bits per heavy atom. The van der Waals surface area contributed by atoms with Crippen molar-refractivity contribution >= 4 is 23.2 Å². The number of aliphatic hydroxyl groups is 1. The van der Waals surface area contributed by atoms with Crippen LogP contribution in [-0.4, -0.2) is 11.7 Å². The van der Waals surface area contributed by atoms with Gasteiger partial charge >= 0.3 is 0 Å². The molecule has 2 aromatic rings. The third kappa shape index (κ3) is 3.06. The Balaban J connectivity index is 2.04. The van der Waals surface area contributed by atoms with E-state index in [1.807, 2.05) is 18.2 Å². The molecule has 0 saturated carbocycles. The predicted molar refractivity (Wildman–Crippen MR) is 71.8 cm³/mol. The molecule has 1 heterocycles. The summed E-state index contributed by atoms with van der Waals surface area (Å²) in [5.74, 6) is 0.690. The van der Waals surface area contributed by atoms with Crippen LogP contribution >= 0.6 is 23.2 Å². The first kappa shape index (κ1) is 13.4. The Morgan fingerprint density at radius 2 is 2.06 bits per heavy atom. The Bertz CT molecular complexity index is 500. The lowest BCUT2D eigenvalue weighted by Crippen LogP contribution is -2.23. The molecule has 0 amide bonds. The Labute approximate surface area is 115 Å². The summed E-state index contributed by atoms with van der Waals surface area (Å²) < 4.78 is 5.25. The molecule has 1 unspecified atom stereocenters. The lowest BCUT2D eigenvalue weighted by molar-refractivity contribution is 0.225. The highest BCUT2D eigenvalue weighted by Gasteiger charge is 2.13. The standard InChI is InChI=1S/C13H13Cl2NO2/c14-10-4-1-3-9(13(10)15)7-16-11(8-17)12-5-2-6-18-12/h1-6,11,16-17H,7-8H2. The van der Waals surface area contributed by atoms with E-state index in [1.165, 1.54) is 0 Å². The average Bonchev–Trinajstić information content (AvgIpc) is 2.89. The number of rotatable bonds is 5. The van der Waals surface area contributed by atoms with Gasteiger partial charge < -0.3 is 14.8 Å². The summed E-state index contributed by atoms with van der Waals surface area (Å²) in [6, 6.07) is 8.81. The van der Waals surface area contributed by atoms with Crippen LogP contribution in [0.25, 0.3) is 0 Å². The topological polar surface area (TPSA) is 45.4 Å². The Morgan fingerprint density at radius 3 is 2.72 bits per heavy atom. The number of benzene rings is 1. The van der Waals surface area contributed by atoms with Crippen molar-refractivity contribution in [2.24, 2.45) is 0 Å². The molecule has 0 aliphatic heterocycles. The minimum atomic E-state index is -0.255. The minimum Gasteiger partial charge on any atom is -0.468 e. The van der Waals surface area contributed by atoms with Crippen LogP contribution in [0.3, 0.4) is 0 Å². The van der Waals surface area contributed by atoms with Crippen LogP contribution in [0.5, 0.6) is 0 Å². The molecule has 0 saturated heterocycles. The number of furan rings is 1. The van der Waals surface area contributed by atoms with E-state index in [4.69, 9.17) is 27.6 Å². The summed E-state index contributed by atoms with van der Waals surface area (Å²) in [6.45, 7) is 0.455. The zero-order chi connectivity index (χ0) is 13.0. The number of hydrogen-bond acceptors (Lipinski definition) is 3. The highest BCUT2D eigenvalue weighted by Crippen LogP contribution is 2.26. The molecular formula is C13H13Cl2NO2. The molecule has 0 bridgehead atoms. The highest BCUT2D eigenvalue weighted by atomic mass is 35.5. The van der Waals surface area contributed by atoms with Crippen LogP contribution in [0, 0.1) is 0 Å². The Hall–Kier alpha value is -1.00. The summed E-state index contributed by atoms with van der Waals surface area (Å²) in [5.41, 5.74) is 0.883. The van der Waals surface area contributed by atoms with E-state index >= 15 is 0 Å². The maximum absolute atomic E-state index is 9.32. The maximum Gasteiger partial charge on any atom is 0.123 e.